The highest BCUT2D eigenvalue weighted by atomic mass is 35.5. The maximum atomic E-state index is 12.0. The van der Waals surface area contributed by atoms with Gasteiger partial charge in [-0.15, -0.1) is 0 Å². The maximum absolute atomic E-state index is 12.0. The van der Waals surface area contributed by atoms with Crippen LogP contribution in [-0.4, -0.2) is 25.6 Å². The van der Waals surface area contributed by atoms with Gasteiger partial charge in [0.15, 0.2) is 6.61 Å². The van der Waals surface area contributed by atoms with Gasteiger partial charge in [-0.05, 0) is 42.8 Å². The highest BCUT2D eigenvalue weighted by Crippen LogP contribution is 2.23. The molecule has 1 N–H and O–H groups in total. The monoisotopic (exact) mass is 333 g/mol. The van der Waals surface area contributed by atoms with Crippen molar-refractivity contribution in [3.8, 4) is 5.75 Å². The molecule has 0 heterocycles. The second kappa shape index (κ2) is 7.65. The van der Waals surface area contributed by atoms with E-state index >= 15 is 0 Å². The molecule has 120 valence electrons. The van der Waals surface area contributed by atoms with Crippen molar-refractivity contribution in [3.05, 3.63) is 58.6 Å². The fourth-order valence-electron chi connectivity index (χ4n) is 1.91. The fraction of sp³-hybridized carbons (Fsp3) is 0.176. The summed E-state index contributed by atoms with van der Waals surface area (Å²) in [6.07, 6.45) is 0. The number of methoxy groups -OCH3 is 1. The number of carbonyl (C=O) groups is 2. The summed E-state index contributed by atoms with van der Waals surface area (Å²) in [6, 6.07) is 11.9. The second-order valence-electron chi connectivity index (χ2n) is 4.84. The predicted molar refractivity (Wildman–Crippen MR) is 88.1 cm³/mol. The van der Waals surface area contributed by atoms with E-state index in [2.05, 4.69) is 10.1 Å². The quantitative estimate of drug-likeness (QED) is 0.851. The molecule has 2 aromatic rings. The van der Waals surface area contributed by atoms with Crippen LogP contribution in [0.1, 0.15) is 15.9 Å². The zero-order valence-electron chi connectivity index (χ0n) is 12.8. The molecule has 5 nitrogen and oxygen atoms in total. The third kappa shape index (κ3) is 4.72. The summed E-state index contributed by atoms with van der Waals surface area (Å²) in [5.41, 5.74) is 1.66. The van der Waals surface area contributed by atoms with Crippen molar-refractivity contribution in [1.82, 2.24) is 0 Å². The van der Waals surface area contributed by atoms with Crippen LogP contribution in [0.2, 0.25) is 5.02 Å². The van der Waals surface area contributed by atoms with Crippen LogP contribution in [0.3, 0.4) is 0 Å². The zero-order chi connectivity index (χ0) is 16.8. The lowest BCUT2D eigenvalue weighted by atomic mass is 10.2. The molecule has 2 aromatic carbocycles. The summed E-state index contributed by atoms with van der Waals surface area (Å²) >= 11 is 6.02. The van der Waals surface area contributed by atoms with Crippen LogP contribution in [-0.2, 0) is 9.53 Å². The van der Waals surface area contributed by atoms with Crippen LogP contribution in [0.4, 0.5) is 5.69 Å². The van der Waals surface area contributed by atoms with Crippen molar-refractivity contribution >= 4 is 29.2 Å². The van der Waals surface area contributed by atoms with E-state index in [0.29, 0.717) is 22.0 Å². The molecule has 0 saturated carbocycles. The van der Waals surface area contributed by atoms with E-state index in [4.69, 9.17) is 16.3 Å². The van der Waals surface area contributed by atoms with Gasteiger partial charge in [0.25, 0.3) is 5.91 Å². The topological polar surface area (TPSA) is 64.6 Å². The van der Waals surface area contributed by atoms with Crippen molar-refractivity contribution in [2.75, 3.05) is 19.0 Å². The Morgan fingerprint density at radius 3 is 2.65 bits per heavy atom. The van der Waals surface area contributed by atoms with Gasteiger partial charge in [0, 0.05) is 0 Å². The lowest BCUT2D eigenvalue weighted by Gasteiger charge is -2.10. The molecular formula is C17H16ClNO4. The summed E-state index contributed by atoms with van der Waals surface area (Å²) in [4.78, 5) is 23.5. The van der Waals surface area contributed by atoms with Crippen molar-refractivity contribution in [3.63, 3.8) is 0 Å². The summed E-state index contributed by atoms with van der Waals surface area (Å²) < 4.78 is 10.0. The Balaban J connectivity index is 2.01. The number of hydrogen-bond acceptors (Lipinski definition) is 4. The number of rotatable bonds is 5. The second-order valence-corrected chi connectivity index (χ2v) is 5.25. The molecular weight excluding hydrogens is 318 g/mol. The number of amides is 1. The van der Waals surface area contributed by atoms with E-state index in [1.807, 2.05) is 25.1 Å². The highest BCUT2D eigenvalue weighted by Gasteiger charge is 2.11. The first-order valence-electron chi connectivity index (χ1n) is 6.87. The van der Waals surface area contributed by atoms with Crippen LogP contribution in [0.25, 0.3) is 0 Å². The van der Waals surface area contributed by atoms with Gasteiger partial charge in [0.2, 0.25) is 0 Å². The molecule has 1 amide bonds. The van der Waals surface area contributed by atoms with Crippen molar-refractivity contribution in [1.29, 1.82) is 0 Å². The average molecular weight is 334 g/mol. The Morgan fingerprint density at radius 2 is 1.96 bits per heavy atom. The molecule has 0 spiro atoms. The number of esters is 1. The van der Waals surface area contributed by atoms with Gasteiger partial charge in [0.05, 0.1) is 23.4 Å². The van der Waals surface area contributed by atoms with Gasteiger partial charge in [-0.3, -0.25) is 4.79 Å². The smallest absolute Gasteiger partial charge is 0.337 e. The minimum atomic E-state index is -0.506. The summed E-state index contributed by atoms with van der Waals surface area (Å²) in [5, 5.41) is 2.93. The Kier molecular flexibility index (Phi) is 5.60. The first-order valence-corrected chi connectivity index (χ1v) is 7.24. The molecule has 0 radical (unpaired) electrons. The lowest BCUT2D eigenvalue weighted by Crippen LogP contribution is -2.20. The van der Waals surface area contributed by atoms with E-state index < -0.39 is 5.97 Å². The Labute approximate surface area is 139 Å². The van der Waals surface area contributed by atoms with E-state index in [1.165, 1.54) is 25.3 Å². The fourth-order valence-corrected chi connectivity index (χ4v) is 2.07. The molecule has 0 aliphatic heterocycles. The lowest BCUT2D eigenvalue weighted by molar-refractivity contribution is -0.118. The molecule has 2 rings (SSSR count). The van der Waals surface area contributed by atoms with Crippen LogP contribution < -0.4 is 10.1 Å². The highest BCUT2D eigenvalue weighted by molar-refractivity contribution is 6.33. The predicted octanol–water partition coefficient (Wildman–Crippen LogP) is 3.45. The van der Waals surface area contributed by atoms with Crippen LogP contribution in [0, 0.1) is 6.92 Å². The number of halogens is 1. The number of benzene rings is 2. The Bertz CT molecular complexity index is 730. The van der Waals surface area contributed by atoms with E-state index in [9.17, 15) is 9.59 Å². The molecule has 0 bridgehead atoms. The zero-order valence-corrected chi connectivity index (χ0v) is 13.5. The van der Waals surface area contributed by atoms with E-state index in [1.54, 1.807) is 6.07 Å². The third-order valence-corrected chi connectivity index (χ3v) is 3.35. The van der Waals surface area contributed by atoms with Crippen LogP contribution in [0.15, 0.2) is 42.5 Å². The standard InChI is InChI=1S/C17H16ClNO4/c1-11-4-3-5-13(8-11)23-10-16(20)19-15-9-12(17(21)22-2)6-7-14(15)18/h3-9H,10H2,1-2H3,(H,19,20). The Hall–Kier alpha value is -2.53. The summed E-state index contributed by atoms with van der Waals surface area (Å²) in [5.74, 6) is -0.279. The van der Waals surface area contributed by atoms with Crippen LogP contribution >= 0.6 is 11.6 Å². The number of anilines is 1. The molecule has 23 heavy (non-hydrogen) atoms. The summed E-state index contributed by atoms with van der Waals surface area (Å²) in [7, 11) is 1.28. The third-order valence-electron chi connectivity index (χ3n) is 3.02. The van der Waals surface area contributed by atoms with E-state index in [-0.39, 0.29) is 12.5 Å². The van der Waals surface area contributed by atoms with Crippen LogP contribution in [0.5, 0.6) is 5.75 Å². The first kappa shape index (κ1) is 16.8. The molecule has 0 fully saturated rings. The van der Waals surface area contributed by atoms with Gasteiger partial charge in [-0.25, -0.2) is 4.79 Å². The molecule has 0 saturated heterocycles. The maximum Gasteiger partial charge on any atom is 0.337 e. The molecule has 0 unspecified atom stereocenters. The normalized spacial score (nSPS) is 10.0. The van der Waals surface area contributed by atoms with Gasteiger partial charge in [-0.1, -0.05) is 23.7 Å². The molecule has 0 aromatic heterocycles. The van der Waals surface area contributed by atoms with Crippen molar-refractivity contribution in [2.45, 2.75) is 6.92 Å². The number of hydrogen-bond donors (Lipinski definition) is 1. The molecule has 6 heteroatoms. The molecule has 0 aliphatic carbocycles. The number of ether oxygens (including phenoxy) is 2. The van der Waals surface area contributed by atoms with Crippen molar-refractivity contribution in [2.24, 2.45) is 0 Å². The number of nitrogens with one attached hydrogen (secondary N) is 1. The minimum Gasteiger partial charge on any atom is -0.484 e. The van der Waals surface area contributed by atoms with E-state index in [0.717, 1.165) is 5.56 Å². The molecule has 0 aliphatic rings. The SMILES string of the molecule is COC(=O)c1ccc(Cl)c(NC(=O)COc2cccc(C)c2)c1. The Morgan fingerprint density at radius 1 is 1.17 bits per heavy atom. The number of aryl methyl sites for hydroxylation is 1. The van der Waals surface area contributed by atoms with Crippen molar-refractivity contribution < 1.29 is 19.1 Å². The minimum absolute atomic E-state index is 0.164. The van der Waals surface area contributed by atoms with Gasteiger partial charge < -0.3 is 14.8 Å². The molecule has 0 atom stereocenters. The number of carbonyl (C=O) groups excluding carboxylic acids is 2. The van der Waals surface area contributed by atoms with Gasteiger partial charge >= 0.3 is 5.97 Å². The average Bonchev–Trinajstić information content (AvgIpc) is 2.54. The van der Waals surface area contributed by atoms with Gasteiger partial charge in [-0.2, -0.15) is 0 Å². The first-order chi connectivity index (χ1) is 11.0. The largest absolute Gasteiger partial charge is 0.484 e. The van der Waals surface area contributed by atoms with Gasteiger partial charge in [0.1, 0.15) is 5.75 Å². The summed E-state index contributed by atoms with van der Waals surface area (Å²) in [6.45, 7) is 1.77.